The maximum absolute atomic E-state index is 14.7. The first-order chi connectivity index (χ1) is 8.62. The molecule has 1 N–H and O–H groups in total. The van der Waals surface area contributed by atoms with Crippen LogP contribution in [0.25, 0.3) is 0 Å². The van der Waals surface area contributed by atoms with Gasteiger partial charge in [-0.15, -0.1) is 0 Å². The van der Waals surface area contributed by atoms with Gasteiger partial charge in [0.05, 0.1) is 10.8 Å². The minimum Gasteiger partial charge on any atom is -0.465 e. The predicted molar refractivity (Wildman–Crippen MR) is 68.0 cm³/mol. The highest BCUT2D eigenvalue weighted by molar-refractivity contribution is 5.66. The molecule has 1 saturated carbocycles. The Morgan fingerprint density at radius 3 is 2.21 bits per heavy atom. The number of hydrogen-bond acceptors (Lipinski definition) is 3. The Kier molecular flexibility index (Phi) is 3.20. The highest BCUT2D eigenvalue weighted by Crippen LogP contribution is 2.84. The van der Waals surface area contributed by atoms with Crippen molar-refractivity contribution in [2.24, 2.45) is 16.2 Å². The van der Waals surface area contributed by atoms with Crippen molar-refractivity contribution in [1.82, 2.24) is 5.32 Å². The van der Waals surface area contributed by atoms with Crippen molar-refractivity contribution in [1.29, 1.82) is 0 Å². The lowest BCUT2D eigenvalue weighted by Gasteiger charge is -2.35. The van der Waals surface area contributed by atoms with E-state index in [2.05, 4.69) is 5.32 Å². The summed E-state index contributed by atoms with van der Waals surface area (Å²) >= 11 is 0. The second-order valence-electron chi connectivity index (χ2n) is 6.84. The first kappa shape index (κ1) is 14.7. The molecule has 1 saturated heterocycles. The van der Waals surface area contributed by atoms with Gasteiger partial charge in [-0.3, -0.25) is 4.79 Å². The topological polar surface area (TPSA) is 38.3 Å². The molecule has 2 aliphatic rings. The van der Waals surface area contributed by atoms with Gasteiger partial charge >= 0.3 is 5.97 Å². The third kappa shape index (κ3) is 1.66. The molecule has 1 heterocycles. The fraction of sp³-hybridized carbons (Fsp3) is 0.929. The number of esters is 1. The second-order valence-corrected chi connectivity index (χ2v) is 6.84. The second kappa shape index (κ2) is 4.14. The summed E-state index contributed by atoms with van der Waals surface area (Å²) in [7, 11) is 0. The van der Waals surface area contributed by atoms with Crippen LogP contribution >= 0.6 is 0 Å². The normalized spacial score (nSPS) is 32.1. The van der Waals surface area contributed by atoms with Crippen LogP contribution in [0.2, 0.25) is 0 Å². The van der Waals surface area contributed by atoms with Gasteiger partial charge in [-0.25, -0.2) is 8.78 Å². The molecule has 0 aromatic heterocycles. The number of carbonyl (C=O) groups is 1. The Hall–Kier alpha value is -0.710. The number of halogens is 2. The molecule has 0 aromatic carbocycles. The fourth-order valence-electron chi connectivity index (χ4n) is 4.11. The Balaban J connectivity index is 2.36. The minimum absolute atomic E-state index is 0.182. The average Bonchev–Trinajstić information content (AvgIpc) is 2.68. The molecule has 0 aromatic rings. The van der Waals surface area contributed by atoms with Gasteiger partial charge in [-0.2, -0.15) is 0 Å². The van der Waals surface area contributed by atoms with Gasteiger partial charge in [0.25, 0.3) is 5.92 Å². The maximum atomic E-state index is 14.7. The van der Waals surface area contributed by atoms with Crippen molar-refractivity contribution in [2.75, 3.05) is 19.7 Å². The molecule has 3 nitrogen and oxygen atoms in total. The molecule has 2 fully saturated rings. The van der Waals surface area contributed by atoms with E-state index < -0.39 is 28.1 Å². The maximum Gasteiger partial charge on any atom is 0.302 e. The van der Waals surface area contributed by atoms with Crippen LogP contribution in [-0.2, 0) is 9.53 Å². The molecule has 0 radical (unpaired) electrons. The number of rotatable bonds is 2. The standard InChI is InChI=1S/C14H23F2NO2/c1-10(18)19-9-13(11(2,3)4)12(14(13,15)16)5-7-17-8-6-12/h17H,5-9H2,1-4H3. The zero-order valence-corrected chi connectivity index (χ0v) is 12.1. The third-order valence-corrected chi connectivity index (χ3v) is 5.12. The smallest absolute Gasteiger partial charge is 0.302 e. The number of piperidine rings is 1. The number of nitrogens with one attached hydrogen (secondary N) is 1. The van der Waals surface area contributed by atoms with E-state index in [0.717, 1.165) is 0 Å². The van der Waals surface area contributed by atoms with E-state index >= 15 is 0 Å². The molecule has 19 heavy (non-hydrogen) atoms. The van der Waals surface area contributed by atoms with Crippen molar-refractivity contribution in [3.63, 3.8) is 0 Å². The van der Waals surface area contributed by atoms with Crippen LogP contribution < -0.4 is 5.32 Å². The molecule has 1 aliphatic carbocycles. The van der Waals surface area contributed by atoms with Crippen molar-refractivity contribution >= 4 is 5.97 Å². The van der Waals surface area contributed by atoms with Gasteiger partial charge in [0.2, 0.25) is 0 Å². The highest BCUT2D eigenvalue weighted by Gasteiger charge is 2.93. The van der Waals surface area contributed by atoms with Gasteiger partial charge in [-0.05, 0) is 31.3 Å². The summed E-state index contributed by atoms with van der Waals surface area (Å²) in [5.41, 5.74) is -2.86. The van der Waals surface area contributed by atoms with Gasteiger partial charge < -0.3 is 10.1 Å². The lowest BCUT2D eigenvalue weighted by molar-refractivity contribution is -0.147. The number of ether oxygens (including phenoxy) is 1. The van der Waals surface area contributed by atoms with E-state index in [-0.39, 0.29) is 6.61 Å². The summed E-state index contributed by atoms with van der Waals surface area (Å²) < 4.78 is 34.5. The lowest BCUT2D eigenvalue weighted by Crippen LogP contribution is -2.39. The summed E-state index contributed by atoms with van der Waals surface area (Å²) in [6.07, 6.45) is 0.886. The Morgan fingerprint density at radius 1 is 1.26 bits per heavy atom. The number of alkyl halides is 2. The van der Waals surface area contributed by atoms with E-state index in [1.54, 1.807) is 0 Å². The molecule has 1 atom stereocenters. The predicted octanol–water partition coefficient (Wildman–Crippen LogP) is 2.60. The highest BCUT2D eigenvalue weighted by atomic mass is 19.3. The van der Waals surface area contributed by atoms with E-state index in [1.807, 2.05) is 20.8 Å². The van der Waals surface area contributed by atoms with Gasteiger partial charge in [0.1, 0.15) is 6.61 Å². The van der Waals surface area contributed by atoms with Crippen LogP contribution in [0.15, 0.2) is 0 Å². The van der Waals surface area contributed by atoms with Crippen LogP contribution in [0.5, 0.6) is 0 Å². The van der Waals surface area contributed by atoms with Gasteiger partial charge in [0.15, 0.2) is 0 Å². The monoisotopic (exact) mass is 275 g/mol. The molecular weight excluding hydrogens is 252 g/mol. The van der Waals surface area contributed by atoms with Crippen LogP contribution in [0.1, 0.15) is 40.5 Å². The number of carbonyl (C=O) groups excluding carboxylic acids is 1. The largest absolute Gasteiger partial charge is 0.465 e. The first-order valence-electron chi connectivity index (χ1n) is 6.84. The van der Waals surface area contributed by atoms with Crippen molar-refractivity contribution < 1.29 is 18.3 Å². The Bertz CT molecular complexity index is 383. The summed E-state index contributed by atoms with van der Waals surface area (Å²) in [6.45, 7) is 7.76. The molecular formula is C14H23F2NO2. The molecule has 1 aliphatic heterocycles. The van der Waals surface area contributed by atoms with Crippen LogP contribution in [-0.4, -0.2) is 31.6 Å². The lowest BCUT2D eigenvalue weighted by atomic mass is 9.70. The Labute approximate surface area is 113 Å². The molecule has 1 spiro atoms. The van der Waals surface area contributed by atoms with Crippen molar-refractivity contribution in [3.05, 3.63) is 0 Å². The van der Waals surface area contributed by atoms with E-state index in [1.165, 1.54) is 6.92 Å². The summed E-state index contributed by atoms with van der Waals surface area (Å²) in [5, 5.41) is 3.13. The fourth-order valence-corrected chi connectivity index (χ4v) is 4.11. The van der Waals surface area contributed by atoms with Crippen LogP contribution in [0.4, 0.5) is 8.78 Å². The first-order valence-corrected chi connectivity index (χ1v) is 6.84. The average molecular weight is 275 g/mol. The SMILES string of the molecule is CC(=O)OCC1(C(C)(C)C)C(F)(F)C12CCNCC2. The molecule has 1 unspecified atom stereocenters. The van der Waals surface area contributed by atoms with Crippen molar-refractivity contribution in [2.45, 2.75) is 46.5 Å². The summed E-state index contributed by atoms with van der Waals surface area (Å²) in [4.78, 5) is 11.0. The zero-order chi connectivity index (χ0) is 14.5. The van der Waals surface area contributed by atoms with E-state index in [4.69, 9.17) is 4.74 Å². The molecule has 0 amide bonds. The van der Waals surface area contributed by atoms with E-state index in [9.17, 15) is 13.6 Å². The zero-order valence-electron chi connectivity index (χ0n) is 12.1. The van der Waals surface area contributed by atoms with Gasteiger partial charge in [-0.1, -0.05) is 20.8 Å². The third-order valence-electron chi connectivity index (χ3n) is 5.12. The summed E-state index contributed by atoms with van der Waals surface area (Å²) in [6, 6.07) is 0. The van der Waals surface area contributed by atoms with E-state index in [0.29, 0.717) is 25.9 Å². The summed E-state index contributed by atoms with van der Waals surface area (Å²) in [5.74, 6) is -3.26. The van der Waals surface area contributed by atoms with Crippen LogP contribution in [0, 0.1) is 16.2 Å². The minimum atomic E-state index is -2.77. The quantitative estimate of drug-likeness (QED) is 0.787. The molecule has 110 valence electrons. The van der Waals surface area contributed by atoms with Gasteiger partial charge in [0, 0.05) is 6.92 Å². The molecule has 5 heteroatoms. The molecule has 0 bridgehead atoms. The van der Waals surface area contributed by atoms with Crippen molar-refractivity contribution in [3.8, 4) is 0 Å². The number of hydrogen-bond donors (Lipinski definition) is 1. The molecule has 2 rings (SSSR count). The Morgan fingerprint density at radius 2 is 1.79 bits per heavy atom. The van der Waals surface area contributed by atoms with Crippen LogP contribution in [0.3, 0.4) is 0 Å².